The van der Waals surface area contributed by atoms with E-state index in [0.29, 0.717) is 27.1 Å². The van der Waals surface area contributed by atoms with E-state index in [-0.39, 0.29) is 5.91 Å². The van der Waals surface area contributed by atoms with E-state index in [9.17, 15) is 4.79 Å². The summed E-state index contributed by atoms with van der Waals surface area (Å²) >= 11 is 15.6. The molecule has 0 unspecified atom stereocenters. The summed E-state index contributed by atoms with van der Waals surface area (Å²) < 4.78 is 0.857. The van der Waals surface area contributed by atoms with Gasteiger partial charge in [0.1, 0.15) is 5.71 Å². The number of hydrogen-bond acceptors (Lipinski definition) is 2. The molecule has 1 aliphatic rings. The quantitative estimate of drug-likeness (QED) is 0.727. The summed E-state index contributed by atoms with van der Waals surface area (Å²) in [5.41, 5.74) is 3.16. The van der Waals surface area contributed by atoms with Crippen molar-refractivity contribution in [2.75, 3.05) is 5.32 Å². The second-order valence-corrected chi connectivity index (χ2v) is 6.34. The fraction of sp³-hybridized carbons (Fsp3) is 0.0667. The van der Waals surface area contributed by atoms with E-state index in [2.05, 4.69) is 26.2 Å². The van der Waals surface area contributed by atoms with Crippen LogP contribution in [0.4, 0.5) is 11.4 Å². The molecule has 21 heavy (non-hydrogen) atoms. The molecule has 1 N–H and O–H groups in total. The van der Waals surface area contributed by atoms with Crippen molar-refractivity contribution in [2.24, 2.45) is 4.99 Å². The van der Waals surface area contributed by atoms with Crippen molar-refractivity contribution in [1.82, 2.24) is 0 Å². The molecule has 0 saturated heterocycles. The number of amides is 1. The van der Waals surface area contributed by atoms with Gasteiger partial charge in [0.25, 0.3) is 5.91 Å². The van der Waals surface area contributed by atoms with Crippen LogP contribution in [0.15, 0.2) is 39.8 Å². The standard InChI is InChI=1S/C15H9BrCl2N2O/c1-7-10(17)4-3-9-13(7)20-15(21)14(9)19-12-5-2-8(16)6-11(12)18/h2-6H,1H3,(H,19,20,21). The van der Waals surface area contributed by atoms with Crippen molar-refractivity contribution < 1.29 is 4.79 Å². The lowest BCUT2D eigenvalue weighted by molar-refractivity contribution is -0.110. The maximum absolute atomic E-state index is 12.1. The van der Waals surface area contributed by atoms with E-state index in [0.717, 1.165) is 15.6 Å². The van der Waals surface area contributed by atoms with Gasteiger partial charge in [-0.3, -0.25) is 4.79 Å². The molecule has 0 fully saturated rings. The van der Waals surface area contributed by atoms with Crippen molar-refractivity contribution in [2.45, 2.75) is 6.92 Å². The molecule has 3 rings (SSSR count). The summed E-state index contributed by atoms with van der Waals surface area (Å²) in [6, 6.07) is 8.87. The molecule has 6 heteroatoms. The van der Waals surface area contributed by atoms with Gasteiger partial charge in [0.05, 0.1) is 16.4 Å². The van der Waals surface area contributed by atoms with Crippen molar-refractivity contribution in [3.8, 4) is 0 Å². The maximum atomic E-state index is 12.1. The van der Waals surface area contributed by atoms with Gasteiger partial charge >= 0.3 is 0 Å². The number of carbonyl (C=O) groups is 1. The Morgan fingerprint density at radius 3 is 2.62 bits per heavy atom. The van der Waals surface area contributed by atoms with Crippen LogP contribution >= 0.6 is 39.1 Å². The van der Waals surface area contributed by atoms with Crippen LogP contribution in [-0.4, -0.2) is 11.6 Å². The molecule has 0 atom stereocenters. The van der Waals surface area contributed by atoms with Gasteiger partial charge in [-0.05, 0) is 42.8 Å². The van der Waals surface area contributed by atoms with E-state index in [1.807, 2.05) is 13.0 Å². The summed E-state index contributed by atoms with van der Waals surface area (Å²) in [4.78, 5) is 16.5. The van der Waals surface area contributed by atoms with Crippen molar-refractivity contribution >= 4 is 62.1 Å². The van der Waals surface area contributed by atoms with Gasteiger partial charge in [-0.2, -0.15) is 0 Å². The normalized spacial score (nSPS) is 15.2. The molecule has 0 bridgehead atoms. The number of nitrogens with zero attached hydrogens (tertiary/aromatic N) is 1. The first kappa shape index (κ1) is 14.6. The monoisotopic (exact) mass is 382 g/mol. The minimum Gasteiger partial charge on any atom is -0.320 e. The lowest BCUT2D eigenvalue weighted by Gasteiger charge is -2.04. The predicted molar refractivity (Wildman–Crippen MR) is 90.2 cm³/mol. The molecular formula is C15H9BrCl2N2O. The Bertz CT molecular complexity index is 803. The summed E-state index contributed by atoms with van der Waals surface area (Å²) in [6.45, 7) is 1.86. The van der Waals surface area contributed by atoms with Gasteiger partial charge in [0.2, 0.25) is 0 Å². The van der Waals surface area contributed by atoms with Crippen LogP contribution in [0, 0.1) is 6.92 Å². The second kappa shape index (κ2) is 5.44. The van der Waals surface area contributed by atoms with Gasteiger partial charge < -0.3 is 5.32 Å². The number of halogens is 3. The van der Waals surface area contributed by atoms with Crippen LogP contribution in [0.25, 0.3) is 0 Å². The minimum absolute atomic E-state index is 0.255. The first-order valence-corrected chi connectivity index (χ1v) is 7.67. The molecule has 106 valence electrons. The lowest BCUT2D eigenvalue weighted by atomic mass is 10.1. The third-order valence-corrected chi connectivity index (χ3v) is 4.46. The molecule has 1 heterocycles. The Labute approximate surface area is 140 Å². The summed E-state index contributed by atoms with van der Waals surface area (Å²) in [5.74, 6) is -0.255. The Hall–Kier alpha value is -1.36. The number of nitrogens with one attached hydrogen (secondary N) is 1. The van der Waals surface area contributed by atoms with Crippen LogP contribution in [0.3, 0.4) is 0 Å². The summed E-state index contributed by atoms with van der Waals surface area (Å²) in [7, 11) is 0. The topological polar surface area (TPSA) is 41.5 Å². The first-order chi connectivity index (χ1) is 9.97. The number of carbonyl (C=O) groups excluding carboxylic acids is 1. The SMILES string of the molecule is Cc1c(Cl)ccc2c1NC(=O)C2=Nc1ccc(Br)cc1Cl. The number of rotatable bonds is 1. The number of fused-ring (bicyclic) bond motifs is 1. The molecule has 0 aromatic heterocycles. The number of hydrogen-bond donors (Lipinski definition) is 1. The molecule has 1 aliphatic heterocycles. The lowest BCUT2D eigenvalue weighted by Crippen LogP contribution is -2.14. The smallest absolute Gasteiger partial charge is 0.275 e. The third-order valence-electron chi connectivity index (χ3n) is 3.25. The molecule has 0 saturated carbocycles. The molecule has 1 amide bonds. The van der Waals surface area contributed by atoms with Crippen LogP contribution < -0.4 is 5.32 Å². The van der Waals surface area contributed by atoms with Crippen LogP contribution in [-0.2, 0) is 4.79 Å². The molecule has 0 spiro atoms. The summed E-state index contributed by atoms with van der Waals surface area (Å²) in [6.07, 6.45) is 0. The largest absolute Gasteiger partial charge is 0.320 e. The van der Waals surface area contributed by atoms with E-state index < -0.39 is 0 Å². The molecule has 3 nitrogen and oxygen atoms in total. The fourth-order valence-electron chi connectivity index (χ4n) is 2.14. The zero-order valence-corrected chi connectivity index (χ0v) is 14.0. The van der Waals surface area contributed by atoms with Crippen LogP contribution in [0.5, 0.6) is 0 Å². The van der Waals surface area contributed by atoms with Crippen LogP contribution in [0.1, 0.15) is 11.1 Å². The average molecular weight is 384 g/mol. The van der Waals surface area contributed by atoms with Gasteiger partial charge in [-0.1, -0.05) is 39.1 Å². The highest BCUT2D eigenvalue weighted by atomic mass is 79.9. The number of anilines is 1. The highest BCUT2D eigenvalue weighted by Gasteiger charge is 2.28. The van der Waals surface area contributed by atoms with Gasteiger partial charge in [-0.15, -0.1) is 0 Å². The summed E-state index contributed by atoms with van der Waals surface area (Å²) in [5, 5.41) is 3.89. The Morgan fingerprint density at radius 1 is 1.14 bits per heavy atom. The zero-order valence-electron chi connectivity index (χ0n) is 10.9. The maximum Gasteiger partial charge on any atom is 0.275 e. The number of benzene rings is 2. The Balaban J connectivity index is 2.15. The van der Waals surface area contributed by atoms with E-state index in [4.69, 9.17) is 23.2 Å². The fourth-order valence-corrected chi connectivity index (χ4v) is 3.02. The van der Waals surface area contributed by atoms with Gasteiger partial charge in [0.15, 0.2) is 0 Å². The second-order valence-electron chi connectivity index (χ2n) is 4.61. The van der Waals surface area contributed by atoms with E-state index in [1.54, 1.807) is 24.3 Å². The minimum atomic E-state index is -0.255. The zero-order chi connectivity index (χ0) is 15.1. The molecule has 2 aromatic carbocycles. The van der Waals surface area contributed by atoms with E-state index >= 15 is 0 Å². The molecule has 2 aromatic rings. The average Bonchev–Trinajstić information content (AvgIpc) is 2.75. The van der Waals surface area contributed by atoms with Gasteiger partial charge in [0, 0.05) is 15.1 Å². The molecular weight excluding hydrogens is 375 g/mol. The highest BCUT2D eigenvalue weighted by molar-refractivity contribution is 9.10. The van der Waals surface area contributed by atoms with Crippen molar-refractivity contribution in [1.29, 1.82) is 0 Å². The predicted octanol–water partition coefficient (Wildman–Crippen LogP) is 5.14. The van der Waals surface area contributed by atoms with Gasteiger partial charge in [-0.25, -0.2) is 4.99 Å². The highest BCUT2D eigenvalue weighted by Crippen LogP contribution is 2.34. The number of aliphatic imine (C=N–C) groups is 1. The molecule has 0 aliphatic carbocycles. The van der Waals surface area contributed by atoms with Crippen molar-refractivity contribution in [3.63, 3.8) is 0 Å². The first-order valence-electron chi connectivity index (χ1n) is 6.12. The van der Waals surface area contributed by atoms with E-state index in [1.165, 1.54) is 0 Å². The Kier molecular flexibility index (Phi) is 3.78. The Morgan fingerprint density at radius 2 is 1.90 bits per heavy atom. The van der Waals surface area contributed by atoms with Crippen LogP contribution in [0.2, 0.25) is 10.0 Å². The van der Waals surface area contributed by atoms with Crippen molar-refractivity contribution in [3.05, 3.63) is 56.0 Å². The molecule has 0 radical (unpaired) electrons. The third kappa shape index (κ3) is 2.59.